The van der Waals surface area contributed by atoms with E-state index in [1.54, 1.807) is 0 Å². The molecule has 7 nitrogen and oxygen atoms in total. The van der Waals surface area contributed by atoms with Crippen LogP contribution in [0.5, 0.6) is 5.75 Å². The van der Waals surface area contributed by atoms with Crippen molar-refractivity contribution in [3.05, 3.63) is 28.3 Å². The van der Waals surface area contributed by atoms with Crippen molar-refractivity contribution in [1.82, 2.24) is 0 Å². The van der Waals surface area contributed by atoms with Crippen LogP contribution < -0.4 is 10.1 Å². The molecule has 0 amide bonds. The number of methoxy groups -OCH3 is 1. The van der Waals surface area contributed by atoms with Gasteiger partial charge < -0.3 is 15.2 Å². The predicted octanol–water partition coefficient (Wildman–Crippen LogP) is 2.27. The Morgan fingerprint density at radius 3 is 2.74 bits per heavy atom. The van der Waals surface area contributed by atoms with Crippen LogP contribution in [0.1, 0.15) is 19.8 Å². The van der Waals surface area contributed by atoms with Gasteiger partial charge in [-0.05, 0) is 12.5 Å². The Hall–Kier alpha value is -2.31. The number of hydrogen-bond donors (Lipinski definition) is 2. The Labute approximate surface area is 110 Å². The Morgan fingerprint density at radius 2 is 2.26 bits per heavy atom. The van der Waals surface area contributed by atoms with Crippen molar-refractivity contribution in [2.75, 3.05) is 12.4 Å². The SMILES string of the molecule is CCCC(Nc1ccc([N+](=O)[O-])c(OC)c1)C(=O)O. The fourth-order valence-corrected chi connectivity index (χ4v) is 1.67. The number of anilines is 1. The standard InChI is InChI=1S/C12H16N2O5/c1-3-4-9(12(15)16)13-8-5-6-10(14(17)18)11(7-8)19-2/h5-7,9,13H,3-4H2,1-2H3,(H,15,16). The van der Waals surface area contributed by atoms with Crippen molar-refractivity contribution in [2.24, 2.45) is 0 Å². The number of nitro benzene ring substituents is 1. The molecule has 0 bridgehead atoms. The summed E-state index contributed by atoms with van der Waals surface area (Å²) < 4.78 is 4.92. The van der Waals surface area contributed by atoms with E-state index in [-0.39, 0.29) is 11.4 Å². The van der Waals surface area contributed by atoms with Gasteiger partial charge in [0.05, 0.1) is 12.0 Å². The summed E-state index contributed by atoms with van der Waals surface area (Å²) in [7, 11) is 1.33. The number of hydrogen-bond acceptors (Lipinski definition) is 5. The third-order valence-electron chi connectivity index (χ3n) is 2.59. The predicted molar refractivity (Wildman–Crippen MR) is 69.6 cm³/mol. The number of benzene rings is 1. The molecule has 0 spiro atoms. The normalized spacial score (nSPS) is 11.7. The third-order valence-corrected chi connectivity index (χ3v) is 2.59. The highest BCUT2D eigenvalue weighted by molar-refractivity contribution is 5.77. The number of nitro groups is 1. The maximum atomic E-state index is 11.0. The third kappa shape index (κ3) is 3.84. The van der Waals surface area contributed by atoms with E-state index in [0.29, 0.717) is 18.5 Å². The molecule has 0 aliphatic rings. The van der Waals surface area contributed by atoms with Gasteiger partial charge in [-0.1, -0.05) is 13.3 Å². The van der Waals surface area contributed by atoms with Gasteiger partial charge in [0, 0.05) is 17.8 Å². The topological polar surface area (TPSA) is 102 Å². The fraction of sp³-hybridized carbons (Fsp3) is 0.417. The average molecular weight is 268 g/mol. The highest BCUT2D eigenvalue weighted by atomic mass is 16.6. The molecule has 0 saturated heterocycles. The molecule has 0 aromatic heterocycles. The molecule has 0 radical (unpaired) electrons. The van der Waals surface area contributed by atoms with Crippen molar-refractivity contribution < 1.29 is 19.6 Å². The second kappa shape index (κ2) is 6.58. The molecule has 1 unspecified atom stereocenters. The second-order valence-electron chi connectivity index (χ2n) is 3.97. The second-order valence-corrected chi connectivity index (χ2v) is 3.97. The minimum atomic E-state index is -0.959. The first kappa shape index (κ1) is 14.7. The zero-order valence-electron chi connectivity index (χ0n) is 10.8. The van der Waals surface area contributed by atoms with Crippen molar-refractivity contribution >= 4 is 17.3 Å². The van der Waals surface area contributed by atoms with Gasteiger partial charge in [0.25, 0.3) is 0 Å². The van der Waals surface area contributed by atoms with Gasteiger partial charge in [0.15, 0.2) is 5.75 Å². The van der Waals surface area contributed by atoms with Crippen LogP contribution in [0, 0.1) is 10.1 Å². The number of rotatable bonds is 7. The van der Waals surface area contributed by atoms with Gasteiger partial charge >= 0.3 is 11.7 Å². The quantitative estimate of drug-likeness (QED) is 0.581. The number of ether oxygens (including phenoxy) is 1. The Morgan fingerprint density at radius 1 is 1.58 bits per heavy atom. The van der Waals surface area contributed by atoms with Crippen LogP contribution in [0.4, 0.5) is 11.4 Å². The van der Waals surface area contributed by atoms with E-state index in [9.17, 15) is 14.9 Å². The number of carboxylic acid groups (broad SMARTS) is 1. The van der Waals surface area contributed by atoms with Crippen molar-refractivity contribution in [3.63, 3.8) is 0 Å². The highest BCUT2D eigenvalue weighted by Crippen LogP contribution is 2.30. The number of carboxylic acids is 1. The van der Waals surface area contributed by atoms with Crippen LogP contribution in [0.2, 0.25) is 0 Å². The summed E-state index contributed by atoms with van der Waals surface area (Å²) in [5.41, 5.74) is 0.318. The van der Waals surface area contributed by atoms with Crippen LogP contribution >= 0.6 is 0 Å². The molecule has 1 atom stereocenters. The Kier molecular flexibility index (Phi) is 5.11. The zero-order valence-corrected chi connectivity index (χ0v) is 10.8. The van der Waals surface area contributed by atoms with Gasteiger partial charge in [0.2, 0.25) is 0 Å². The fourth-order valence-electron chi connectivity index (χ4n) is 1.67. The number of carbonyl (C=O) groups is 1. The van der Waals surface area contributed by atoms with Crippen LogP contribution in [0.3, 0.4) is 0 Å². The molecule has 2 N–H and O–H groups in total. The lowest BCUT2D eigenvalue weighted by molar-refractivity contribution is -0.385. The minimum absolute atomic E-state index is 0.0932. The first-order valence-electron chi connectivity index (χ1n) is 5.81. The van der Waals surface area contributed by atoms with Crippen LogP contribution in [0.25, 0.3) is 0 Å². The Bertz CT molecular complexity index is 475. The number of nitrogens with zero attached hydrogens (tertiary/aromatic N) is 1. The van der Waals surface area contributed by atoms with E-state index < -0.39 is 16.9 Å². The molecule has 19 heavy (non-hydrogen) atoms. The lowest BCUT2D eigenvalue weighted by atomic mass is 10.1. The summed E-state index contributed by atoms with van der Waals surface area (Å²) in [5, 5.41) is 22.6. The molecule has 1 rings (SSSR count). The summed E-state index contributed by atoms with van der Waals surface area (Å²) in [5.74, 6) is -0.866. The van der Waals surface area contributed by atoms with Crippen LogP contribution in [-0.4, -0.2) is 29.2 Å². The van der Waals surface area contributed by atoms with Crippen molar-refractivity contribution in [1.29, 1.82) is 0 Å². The monoisotopic (exact) mass is 268 g/mol. The summed E-state index contributed by atoms with van der Waals surface area (Å²) >= 11 is 0. The van der Waals surface area contributed by atoms with E-state index in [2.05, 4.69) is 5.32 Å². The van der Waals surface area contributed by atoms with Gasteiger partial charge in [0.1, 0.15) is 6.04 Å². The summed E-state index contributed by atoms with van der Waals surface area (Å²) in [4.78, 5) is 21.2. The van der Waals surface area contributed by atoms with E-state index in [4.69, 9.17) is 9.84 Å². The first-order chi connectivity index (χ1) is 8.99. The zero-order chi connectivity index (χ0) is 14.4. The van der Waals surface area contributed by atoms with E-state index in [1.807, 2.05) is 6.92 Å². The molecule has 0 aliphatic heterocycles. The average Bonchev–Trinajstić information content (AvgIpc) is 2.37. The largest absolute Gasteiger partial charge is 0.490 e. The van der Waals surface area contributed by atoms with Gasteiger partial charge in [-0.25, -0.2) is 4.79 Å². The van der Waals surface area contributed by atoms with Gasteiger partial charge in [-0.2, -0.15) is 0 Å². The lowest BCUT2D eigenvalue weighted by Gasteiger charge is -2.15. The van der Waals surface area contributed by atoms with Crippen molar-refractivity contribution in [3.8, 4) is 5.75 Å². The van der Waals surface area contributed by atoms with Crippen molar-refractivity contribution in [2.45, 2.75) is 25.8 Å². The maximum absolute atomic E-state index is 11.0. The molecule has 104 valence electrons. The van der Waals surface area contributed by atoms with Gasteiger partial charge in [-0.3, -0.25) is 10.1 Å². The van der Waals surface area contributed by atoms with Gasteiger partial charge in [-0.15, -0.1) is 0 Å². The molecule has 0 heterocycles. The maximum Gasteiger partial charge on any atom is 0.326 e. The molecule has 7 heteroatoms. The first-order valence-corrected chi connectivity index (χ1v) is 5.81. The summed E-state index contributed by atoms with van der Waals surface area (Å²) in [6.07, 6.45) is 1.18. The summed E-state index contributed by atoms with van der Waals surface area (Å²) in [6.45, 7) is 1.88. The molecule has 1 aromatic rings. The number of nitrogens with one attached hydrogen (secondary N) is 1. The Balaban J connectivity index is 2.95. The molecular weight excluding hydrogens is 252 g/mol. The minimum Gasteiger partial charge on any atom is -0.490 e. The van der Waals surface area contributed by atoms with E-state index >= 15 is 0 Å². The number of aliphatic carboxylic acids is 1. The lowest BCUT2D eigenvalue weighted by Crippen LogP contribution is -2.28. The molecule has 0 aliphatic carbocycles. The highest BCUT2D eigenvalue weighted by Gasteiger charge is 2.19. The van der Waals surface area contributed by atoms with Crippen LogP contribution in [-0.2, 0) is 4.79 Å². The molecule has 1 aromatic carbocycles. The van der Waals surface area contributed by atoms with E-state index in [0.717, 1.165) is 0 Å². The molecule has 0 fully saturated rings. The van der Waals surface area contributed by atoms with Crippen LogP contribution in [0.15, 0.2) is 18.2 Å². The van der Waals surface area contributed by atoms with E-state index in [1.165, 1.54) is 25.3 Å². The summed E-state index contributed by atoms with van der Waals surface area (Å²) in [6, 6.07) is 3.44. The molecule has 0 saturated carbocycles. The molecular formula is C12H16N2O5. The smallest absolute Gasteiger partial charge is 0.326 e.